The highest BCUT2D eigenvalue weighted by Gasteiger charge is 2.14. The Morgan fingerprint density at radius 1 is 1.41 bits per heavy atom. The van der Waals surface area contributed by atoms with Crippen LogP contribution >= 0.6 is 15.9 Å². The Hall–Kier alpha value is -0.600. The first-order chi connectivity index (χ1) is 8.08. The molecule has 94 valence electrons. The molecule has 0 aliphatic heterocycles. The fourth-order valence-electron chi connectivity index (χ4n) is 1.89. The summed E-state index contributed by atoms with van der Waals surface area (Å²) in [6, 6.07) is 6.91. The highest BCUT2D eigenvalue weighted by atomic mass is 79.9. The minimum absolute atomic E-state index is 0.363. The van der Waals surface area contributed by atoms with Crippen molar-refractivity contribution in [3.8, 4) is 0 Å². The van der Waals surface area contributed by atoms with Gasteiger partial charge in [0.05, 0.1) is 0 Å². The second kappa shape index (κ2) is 6.97. The zero-order chi connectivity index (χ0) is 12.8. The smallest absolute Gasteiger partial charge is 0.0368 e. The quantitative estimate of drug-likeness (QED) is 0.746. The summed E-state index contributed by atoms with van der Waals surface area (Å²) >= 11 is 3.66. The average Bonchev–Trinajstić information content (AvgIpc) is 2.28. The summed E-state index contributed by atoms with van der Waals surface area (Å²) < 4.78 is 1.19. The second-order valence-corrected chi connectivity index (χ2v) is 5.30. The van der Waals surface area contributed by atoms with Crippen molar-refractivity contribution in [1.29, 1.82) is 0 Å². The third-order valence-electron chi connectivity index (χ3n) is 2.97. The van der Waals surface area contributed by atoms with Crippen LogP contribution in [0.25, 0.3) is 0 Å². The van der Waals surface area contributed by atoms with E-state index in [-0.39, 0.29) is 0 Å². The molecule has 1 nitrogen and oxygen atoms in total. The number of nitrogens with one attached hydrogen (secondary N) is 1. The second-order valence-electron chi connectivity index (χ2n) is 4.44. The number of hydrogen-bond donors (Lipinski definition) is 1. The van der Waals surface area contributed by atoms with Crippen molar-refractivity contribution in [2.45, 2.75) is 39.7 Å². The van der Waals surface area contributed by atoms with Gasteiger partial charge in [-0.25, -0.2) is 0 Å². The van der Waals surface area contributed by atoms with E-state index in [1.807, 2.05) is 0 Å². The Labute approximate surface area is 113 Å². The summed E-state index contributed by atoms with van der Waals surface area (Å²) in [4.78, 5) is 0. The summed E-state index contributed by atoms with van der Waals surface area (Å²) in [7, 11) is 0. The summed E-state index contributed by atoms with van der Waals surface area (Å²) in [6.45, 7) is 11.5. The lowest BCUT2D eigenvalue weighted by Crippen LogP contribution is -2.21. The van der Waals surface area contributed by atoms with E-state index >= 15 is 0 Å². The maximum Gasteiger partial charge on any atom is 0.0368 e. The van der Waals surface area contributed by atoms with Crippen molar-refractivity contribution >= 4 is 15.9 Å². The van der Waals surface area contributed by atoms with Crippen LogP contribution in [-0.4, -0.2) is 6.54 Å². The summed E-state index contributed by atoms with van der Waals surface area (Å²) in [6.07, 6.45) is 2.05. The first-order valence-corrected chi connectivity index (χ1v) is 7.03. The van der Waals surface area contributed by atoms with Crippen LogP contribution in [0.15, 0.2) is 34.8 Å². The van der Waals surface area contributed by atoms with Crippen LogP contribution in [0.2, 0.25) is 0 Å². The molecule has 0 aliphatic carbocycles. The molecule has 0 bridgehead atoms. The Bertz CT molecular complexity index is 385. The maximum atomic E-state index is 4.11. The van der Waals surface area contributed by atoms with Crippen molar-refractivity contribution in [2.75, 3.05) is 6.54 Å². The predicted molar refractivity (Wildman–Crippen MR) is 79.3 cm³/mol. The van der Waals surface area contributed by atoms with E-state index in [4.69, 9.17) is 0 Å². The van der Waals surface area contributed by atoms with Gasteiger partial charge < -0.3 is 5.32 Å². The minimum atomic E-state index is 0.363. The Balaban J connectivity index is 2.92. The molecule has 0 radical (unpaired) electrons. The topological polar surface area (TPSA) is 12.0 Å². The monoisotopic (exact) mass is 295 g/mol. The normalized spacial score (nSPS) is 12.5. The summed E-state index contributed by atoms with van der Waals surface area (Å²) in [5.41, 5.74) is 3.90. The molecule has 0 fully saturated rings. The lowest BCUT2D eigenvalue weighted by Gasteiger charge is -2.21. The third kappa shape index (κ3) is 4.29. The molecule has 17 heavy (non-hydrogen) atoms. The van der Waals surface area contributed by atoms with E-state index in [1.54, 1.807) is 0 Å². The molecule has 0 amide bonds. The van der Waals surface area contributed by atoms with Crippen molar-refractivity contribution in [3.63, 3.8) is 0 Å². The molecule has 1 rings (SSSR count). The highest BCUT2D eigenvalue weighted by Crippen LogP contribution is 2.29. The lowest BCUT2D eigenvalue weighted by molar-refractivity contribution is 0.541. The number of hydrogen-bond acceptors (Lipinski definition) is 1. The first-order valence-electron chi connectivity index (χ1n) is 6.24. The number of rotatable bonds is 6. The average molecular weight is 296 g/mol. The molecule has 2 heteroatoms. The molecule has 1 atom stereocenters. The van der Waals surface area contributed by atoms with Crippen LogP contribution in [0.3, 0.4) is 0 Å². The molecule has 1 aromatic carbocycles. The van der Waals surface area contributed by atoms with Crippen LogP contribution in [0.4, 0.5) is 0 Å². The van der Waals surface area contributed by atoms with Gasteiger partial charge in [0.1, 0.15) is 0 Å². The van der Waals surface area contributed by atoms with Crippen molar-refractivity contribution in [3.05, 3.63) is 46.0 Å². The largest absolute Gasteiger partial charge is 0.310 e. The van der Waals surface area contributed by atoms with E-state index in [0.717, 1.165) is 19.4 Å². The van der Waals surface area contributed by atoms with Crippen LogP contribution in [0.5, 0.6) is 0 Å². The first kappa shape index (κ1) is 14.5. The molecule has 0 aliphatic rings. The van der Waals surface area contributed by atoms with Crippen molar-refractivity contribution < 1.29 is 0 Å². The molecular weight excluding hydrogens is 274 g/mol. The molecule has 0 heterocycles. The Kier molecular flexibility index (Phi) is 5.93. The molecule has 0 spiro atoms. The maximum absolute atomic E-state index is 4.11. The predicted octanol–water partition coefficient (Wildman–Crippen LogP) is 4.76. The SMILES string of the molecule is C=C(CC)CC(NCC)c1ccc(C)cc1Br. The zero-order valence-corrected chi connectivity index (χ0v) is 12.6. The van der Waals surface area contributed by atoms with Gasteiger partial charge in [-0.2, -0.15) is 0 Å². The molecule has 1 aromatic rings. The van der Waals surface area contributed by atoms with Gasteiger partial charge in [0.15, 0.2) is 0 Å². The van der Waals surface area contributed by atoms with Gasteiger partial charge >= 0.3 is 0 Å². The fourth-order valence-corrected chi connectivity index (χ4v) is 2.66. The van der Waals surface area contributed by atoms with E-state index in [1.165, 1.54) is 21.2 Å². The van der Waals surface area contributed by atoms with E-state index < -0.39 is 0 Å². The minimum Gasteiger partial charge on any atom is -0.310 e. The lowest BCUT2D eigenvalue weighted by atomic mass is 9.97. The van der Waals surface area contributed by atoms with Crippen LogP contribution < -0.4 is 5.32 Å². The van der Waals surface area contributed by atoms with Crippen LogP contribution in [0.1, 0.15) is 43.9 Å². The van der Waals surface area contributed by atoms with Gasteiger partial charge in [0.25, 0.3) is 0 Å². The molecule has 0 saturated carbocycles. The van der Waals surface area contributed by atoms with Gasteiger partial charge in [0, 0.05) is 10.5 Å². The summed E-state index contributed by atoms with van der Waals surface area (Å²) in [5, 5.41) is 3.53. The fraction of sp³-hybridized carbons (Fsp3) is 0.467. The molecule has 0 aromatic heterocycles. The number of benzene rings is 1. The van der Waals surface area contributed by atoms with Crippen LogP contribution in [0, 0.1) is 6.92 Å². The standard InChI is InChI=1S/C15H22BrN/c1-5-11(3)10-15(17-6-2)13-8-7-12(4)9-14(13)16/h7-9,15,17H,3,5-6,10H2,1-2,4H3. The van der Waals surface area contributed by atoms with Crippen LogP contribution in [-0.2, 0) is 0 Å². The Morgan fingerprint density at radius 3 is 2.65 bits per heavy atom. The molecular formula is C15H22BrN. The third-order valence-corrected chi connectivity index (χ3v) is 3.66. The van der Waals surface area contributed by atoms with Crippen molar-refractivity contribution in [1.82, 2.24) is 5.32 Å². The van der Waals surface area contributed by atoms with Gasteiger partial charge in [-0.05, 0) is 43.5 Å². The zero-order valence-electron chi connectivity index (χ0n) is 11.0. The van der Waals surface area contributed by atoms with Gasteiger partial charge in [-0.15, -0.1) is 0 Å². The molecule has 0 saturated heterocycles. The van der Waals surface area contributed by atoms with Gasteiger partial charge in [-0.1, -0.05) is 54.1 Å². The Morgan fingerprint density at radius 2 is 2.12 bits per heavy atom. The molecule has 1 unspecified atom stereocenters. The van der Waals surface area contributed by atoms with Gasteiger partial charge in [-0.3, -0.25) is 0 Å². The van der Waals surface area contributed by atoms with E-state index in [9.17, 15) is 0 Å². The molecule has 1 N–H and O–H groups in total. The summed E-state index contributed by atoms with van der Waals surface area (Å²) in [5.74, 6) is 0. The van der Waals surface area contributed by atoms with Crippen molar-refractivity contribution in [2.24, 2.45) is 0 Å². The number of aryl methyl sites for hydroxylation is 1. The van der Waals surface area contributed by atoms with E-state index in [0.29, 0.717) is 6.04 Å². The number of halogens is 1. The van der Waals surface area contributed by atoms with E-state index in [2.05, 4.69) is 66.8 Å². The van der Waals surface area contributed by atoms with Gasteiger partial charge in [0.2, 0.25) is 0 Å². The highest BCUT2D eigenvalue weighted by molar-refractivity contribution is 9.10.